The molecule has 3 rings (SSSR count). The van der Waals surface area contributed by atoms with Crippen molar-refractivity contribution in [3.8, 4) is 11.3 Å². The number of nitrogens with zero attached hydrogens (tertiary/aromatic N) is 4. The second kappa shape index (κ2) is 6.52. The highest BCUT2D eigenvalue weighted by molar-refractivity contribution is 7.71. The zero-order valence-corrected chi connectivity index (χ0v) is 14.5. The van der Waals surface area contributed by atoms with Crippen molar-refractivity contribution in [3.63, 3.8) is 0 Å². The molecule has 6 nitrogen and oxygen atoms in total. The van der Waals surface area contributed by atoms with Gasteiger partial charge in [0.2, 0.25) is 0 Å². The molecule has 3 aromatic rings. The standard InChI is InChI=1S/C16H14F3N5OS/c1-3-5-24-13-12(14(25)22-15(24)26)10(16(17,18)19)6-11(21-13)9-7-20-23(4-2)8-9/h3,6-8H,1,4-5H2,2H3,(H,22,25,26). The maximum atomic E-state index is 13.6. The van der Waals surface area contributed by atoms with E-state index in [0.29, 0.717) is 12.1 Å². The zero-order chi connectivity index (χ0) is 19.1. The molecule has 10 heteroatoms. The second-order valence-electron chi connectivity index (χ2n) is 5.49. The molecule has 0 saturated heterocycles. The van der Waals surface area contributed by atoms with Crippen LogP contribution in [-0.2, 0) is 19.3 Å². The van der Waals surface area contributed by atoms with Crippen LogP contribution in [0.3, 0.4) is 0 Å². The SMILES string of the molecule is C=CCn1c(=S)[nH]c(=O)c2c(C(F)(F)F)cc(-c3cnn(CC)c3)nc21. The van der Waals surface area contributed by atoms with E-state index in [2.05, 4.69) is 21.6 Å². The number of aromatic nitrogens is 5. The fraction of sp³-hybridized carbons (Fsp3) is 0.250. The first-order valence-electron chi connectivity index (χ1n) is 7.65. The Morgan fingerprint density at radius 1 is 1.42 bits per heavy atom. The third-order valence-corrected chi connectivity index (χ3v) is 4.14. The van der Waals surface area contributed by atoms with E-state index in [4.69, 9.17) is 12.2 Å². The van der Waals surface area contributed by atoms with Gasteiger partial charge in [0.1, 0.15) is 5.65 Å². The highest BCUT2D eigenvalue weighted by Gasteiger charge is 2.35. The average molecular weight is 381 g/mol. The summed E-state index contributed by atoms with van der Waals surface area (Å²) in [6.07, 6.45) is -0.256. The van der Waals surface area contributed by atoms with Crippen LogP contribution in [0.4, 0.5) is 13.2 Å². The minimum Gasteiger partial charge on any atom is -0.299 e. The van der Waals surface area contributed by atoms with Crippen molar-refractivity contribution in [2.45, 2.75) is 26.2 Å². The van der Waals surface area contributed by atoms with Crippen molar-refractivity contribution in [2.75, 3.05) is 0 Å². The molecule has 0 radical (unpaired) electrons. The smallest absolute Gasteiger partial charge is 0.299 e. The molecule has 0 fully saturated rings. The molecule has 0 aliphatic rings. The van der Waals surface area contributed by atoms with Gasteiger partial charge in [-0.3, -0.25) is 19.0 Å². The van der Waals surface area contributed by atoms with Gasteiger partial charge in [-0.2, -0.15) is 18.3 Å². The first-order chi connectivity index (χ1) is 12.3. The summed E-state index contributed by atoms with van der Waals surface area (Å²) in [5.41, 5.74) is -1.68. The number of halogens is 3. The number of hydrogen-bond donors (Lipinski definition) is 1. The predicted octanol–water partition coefficient (Wildman–Crippen LogP) is 3.54. The highest BCUT2D eigenvalue weighted by atomic mass is 32.1. The monoisotopic (exact) mass is 381 g/mol. The molecule has 3 heterocycles. The van der Waals surface area contributed by atoms with Crippen LogP contribution in [0.25, 0.3) is 22.3 Å². The lowest BCUT2D eigenvalue weighted by atomic mass is 10.1. The fourth-order valence-electron chi connectivity index (χ4n) is 2.61. The summed E-state index contributed by atoms with van der Waals surface area (Å²) >= 11 is 5.07. The number of fused-ring (bicyclic) bond motifs is 1. The molecule has 0 spiro atoms. The molecule has 0 unspecified atom stereocenters. The van der Waals surface area contributed by atoms with Gasteiger partial charge in [0.15, 0.2) is 4.77 Å². The van der Waals surface area contributed by atoms with E-state index in [1.807, 2.05) is 6.92 Å². The van der Waals surface area contributed by atoms with Gasteiger partial charge in [-0.15, -0.1) is 6.58 Å². The van der Waals surface area contributed by atoms with Gasteiger partial charge in [-0.25, -0.2) is 4.98 Å². The van der Waals surface area contributed by atoms with Gasteiger partial charge in [0.25, 0.3) is 5.56 Å². The van der Waals surface area contributed by atoms with E-state index < -0.39 is 22.7 Å². The maximum absolute atomic E-state index is 13.6. The van der Waals surface area contributed by atoms with E-state index in [-0.39, 0.29) is 22.7 Å². The van der Waals surface area contributed by atoms with Crippen molar-refractivity contribution < 1.29 is 13.2 Å². The number of H-pyrrole nitrogens is 1. The van der Waals surface area contributed by atoms with E-state index in [1.165, 1.54) is 16.8 Å². The van der Waals surface area contributed by atoms with Crippen LogP contribution in [0.5, 0.6) is 0 Å². The normalized spacial score (nSPS) is 11.8. The zero-order valence-electron chi connectivity index (χ0n) is 13.7. The predicted molar refractivity (Wildman–Crippen MR) is 93.3 cm³/mol. The van der Waals surface area contributed by atoms with Gasteiger partial charge in [0.05, 0.1) is 22.8 Å². The number of allylic oxidation sites excluding steroid dienone is 1. The van der Waals surface area contributed by atoms with Crippen LogP contribution in [0.15, 0.2) is 35.9 Å². The molecule has 0 amide bonds. The lowest BCUT2D eigenvalue weighted by Crippen LogP contribution is -2.20. The van der Waals surface area contributed by atoms with Gasteiger partial charge in [-0.1, -0.05) is 6.08 Å². The fourth-order valence-corrected chi connectivity index (χ4v) is 2.87. The summed E-state index contributed by atoms with van der Waals surface area (Å²) in [5, 5.41) is 3.50. The third kappa shape index (κ3) is 3.07. The van der Waals surface area contributed by atoms with Crippen LogP contribution in [0.2, 0.25) is 0 Å². The summed E-state index contributed by atoms with van der Waals surface area (Å²) in [4.78, 5) is 18.8. The number of nitrogens with one attached hydrogen (secondary N) is 1. The van der Waals surface area contributed by atoms with E-state index >= 15 is 0 Å². The van der Waals surface area contributed by atoms with Gasteiger partial charge in [0, 0.05) is 24.8 Å². The molecule has 0 saturated carbocycles. The Bertz CT molecular complexity index is 1110. The molecule has 0 aliphatic carbocycles. The molecule has 0 aliphatic heterocycles. The van der Waals surface area contributed by atoms with Gasteiger partial charge >= 0.3 is 6.18 Å². The minimum atomic E-state index is -4.74. The quantitative estimate of drug-likeness (QED) is 0.554. The van der Waals surface area contributed by atoms with Gasteiger partial charge in [-0.05, 0) is 25.2 Å². The summed E-state index contributed by atoms with van der Waals surface area (Å²) < 4.78 is 43.7. The van der Waals surface area contributed by atoms with Crippen LogP contribution in [0, 0.1) is 4.77 Å². The number of hydrogen-bond acceptors (Lipinski definition) is 4. The van der Waals surface area contributed by atoms with Crippen molar-refractivity contribution in [1.29, 1.82) is 0 Å². The first kappa shape index (κ1) is 18.1. The van der Waals surface area contributed by atoms with Crippen molar-refractivity contribution in [1.82, 2.24) is 24.3 Å². The Morgan fingerprint density at radius 3 is 2.73 bits per heavy atom. The topological polar surface area (TPSA) is 68.5 Å². The van der Waals surface area contributed by atoms with E-state index in [9.17, 15) is 18.0 Å². The molecule has 0 atom stereocenters. The minimum absolute atomic E-state index is 0.0237. The average Bonchev–Trinajstić information content (AvgIpc) is 3.06. The Morgan fingerprint density at radius 2 is 2.15 bits per heavy atom. The number of alkyl halides is 3. The van der Waals surface area contributed by atoms with Crippen molar-refractivity contribution in [2.24, 2.45) is 0 Å². The van der Waals surface area contributed by atoms with E-state index in [1.54, 1.807) is 10.9 Å². The second-order valence-corrected chi connectivity index (χ2v) is 5.88. The third-order valence-electron chi connectivity index (χ3n) is 3.82. The number of aromatic amines is 1. The van der Waals surface area contributed by atoms with E-state index in [0.717, 1.165) is 6.07 Å². The van der Waals surface area contributed by atoms with Gasteiger partial charge < -0.3 is 0 Å². The van der Waals surface area contributed by atoms with Crippen molar-refractivity contribution >= 4 is 23.3 Å². The molecule has 3 aromatic heterocycles. The summed E-state index contributed by atoms with van der Waals surface area (Å²) in [6.45, 7) is 6.09. The molecule has 26 heavy (non-hydrogen) atoms. The summed E-state index contributed by atoms with van der Waals surface area (Å²) in [5.74, 6) is 0. The largest absolute Gasteiger partial charge is 0.417 e. The molecule has 1 N–H and O–H groups in total. The lowest BCUT2D eigenvalue weighted by molar-refractivity contribution is -0.136. The number of pyridine rings is 1. The summed E-state index contributed by atoms with van der Waals surface area (Å²) in [6, 6.07) is 0.857. The molecular formula is C16H14F3N5OS. The Labute approximate surface area is 150 Å². The molecule has 0 bridgehead atoms. The number of rotatable bonds is 4. The maximum Gasteiger partial charge on any atom is 0.417 e. The Kier molecular flexibility index (Phi) is 4.53. The summed E-state index contributed by atoms with van der Waals surface area (Å²) in [7, 11) is 0. The van der Waals surface area contributed by atoms with Crippen LogP contribution >= 0.6 is 12.2 Å². The number of aryl methyl sites for hydroxylation is 1. The van der Waals surface area contributed by atoms with Crippen LogP contribution < -0.4 is 5.56 Å². The highest BCUT2D eigenvalue weighted by Crippen LogP contribution is 2.35. The first-order valence-corrected chi connectivity index (χ1v) is 8.06. The molecule has 136 valence electrons. The van der Waals surface area contributed by atoms with Crippen LogP contribution in [-0.4, -0.2) is 24.3 Å². The van der Waals surface area contributed by atoms with Crippen LogP contribution in [0.1, 0.15) is 12.5 Å². The lowest BCUT2D eigenvalue weighted by Gasteiger charge is -2.14. The Hall–Kier alpha value is -2.75. The molecular weight excluding hydrogens is 367 g/mol. The van der Waals surface area contributed by atoms with Crippen molar-refractivity contribution in [3.05, 3.63) is 51.8 Å². The molecule has 0 aromatic carbocycles. The Balaban J connectivity index is 2.46.